The predicted molar refractivity (Wildman–Crippen MR) is 374 cm³/mol. The first-order valence-electron chi connectivity index (χ1n) is 36.5. The summed E-state index contributed by atoms with van der Waals surface area (Å²) in [5, 5.41) is 8.22. The number of hydrogen-bond acceptors (Lipinski definition) is 13. The number of likely N-dealkylation sites (N-methyl/N-ethyl adjacent to an activating group) is 7. The number of halogens is 8. The van der Waals surface area contributed by atoms with Crippen molar-refractivity contribution in [3.63, 3.8) is 0 Å². The molecule has 3 heterocycles. The van der Waals surface area contributed by atoms with Crippen molar-refractivity contribution < 1.29 is 97.4 Å². The van der Waals surface area contributed by atoms with Gasteiger partial charge in [0.2, 0.25) is 70.9 Å². The lowest BCUT2D eigenvalue weighted by Crippen LogP contribution is -2.68. The maximum atomic E-state index is 15.5. The first-order chi connectivity index (χ1) is 50.2. The minimum absolute atomic E-state index is 0.0161. The third-order valence-corrected chi connectivity index (χ3v) is 21.7. The van der Waals surface area contributed by atoms with Crippen molar-refractivity contribution >= 4 is 70.9 Å². The summed E-state index contributed by atoms with van der Waals surface area (Å²) in [6.45, 7) is 4.52. The van der Waals surface area contributed by atoms with Gasteiger partial charge in [-0.15, -0.1) is 0 Å². The summed E-state index contributed by atoms with van der Waals surface area (Å²) in [6.07, 6.45) is -6.68. The van der Waals surface area contributed by atoms with E-state index in [2.05, 4.69) is 16.0 Å². The number of aryl methyl sites for hydroxylation is 1. The van der Waals surface area contributed by atoms with Gasteiger partial charge in [-0.1, -0.05) is 70.7 Å². The highest BCUT2D eigenvalue weighted by molar-refractivity contribution is 6.01. The molecular weight excluding hydrogens is 1420 g/mol. The summed E-state index contributed by atoms with van der Waals surface area (Å²) >= 11 is 0. The molecule has 4 fully saturated rings. The van der Waals surface area contributed by atoms with Crippen molar-refractivity contribution in [2.75, 3.05) is 89.2 Å². The van der Waals surface area contributed by atoms with E-state index in [1.54, 1.807) is 39.8 Å². The van der Waals surface area contributed by atoms with Crippen LogP contribution in [0.1, 0.15) is 146 Å². The van der Waals surface area contributed by atoms with Crippen LogP contribution in [0.4, 0.5) is 35.1 Å². The largest absolute Gasteiger partial charge is 0.422 e. The highest BCUT2D eigenvalue weighted by atomic mass is 19.4. The van der Waals surface area contributed by atoms with E-state index in [9.17, 15) is 55.1 Å². The molecule has 10 atom stereocenters. The van der Waals surface area contributed by atoms with E-state index >= 15 is 37.5 Å². The standard InChI is InChI=1S/C74H102F8N12O13/c1-13-43(4)61-69(104)88(8)42-59(97)90(10)53-25-20-17-21-34-93(68(53)103)56(37-44-26-29-47(30-27-44)73(77,78)79)67(102)87(7)41-57(95)83-51(31-28-45-35-49(75)60(50(76)36-45)74(80,81)82)65(100)94-40-48(107-15-3)38-54(94)64(99)85-72(32-22-33-72)71(106)92(12)62(46-23-18-16-19-24-46)70(105)91(11)55(66(101)86(5)6)39-58(96)89(9)52(14-2)63(98)84-61/h17,20,26-27,29-30,35-36,43,46,48,51-56,61-62H,13-16,18-19,21-25,28,31-34,37-42H2,1-12H3,(H,83,95)(H,84,98)(H,85,99)/b20-17-/t43-,48+,51+,52-,53-,54-,55-,56-,61-,62-/m0/s1. The average molecular weight is 1520 g/mol. The second-order valence-corrected chi connectivity index (χ2v) is 29.1. The summed E-state index contributed by atoms with van der Waals surface area (Å²) in [7, 11) is 10.6. The molecule has 2 bridgehead atoms. The van der Waals surface area contributed by atoms with E-state index in [0.29, 0.717) is 50.7 Å². The molecule has 1 spiro atoms. The lowest BCUT2D eigenvalue weighted by molar-refractivity contribution is -0.158. The van der Waals surface area contributed by atoms with Crippen LogP contribution in [-0.2, 0) is 87.5 Å². The van der Waals surface area contributed by atoms with Crippen LogP contribution in [0, 0.1) is 23.5 Å². The number of ether oxygens (including phenoxy) is 1. The maximum Gasteiger partial charge on any atom is 0.422 e. The van der Waals surface area contributed by atoms with E-state index in [1.807, 2.05) is 0 Å². The molecule has 0 aromatic heterocycles. The molecule has 2 aliphatic carbocycles. The number of carbonyl (C=O) groups is 12. The van der Waals surface area contributed by atoms with Gasteiger partial charge in [0.25, 0.3) is 0 Å². The van der Waals surface area contributed by atoms with E-state index in [-0.39, 0.29) is 63.8 Å². The first-order valence-corrected chi connectivity index (χ1v) is 36.5. The number of nitrogens with one attached hydrogen (secondary N) is 3. The second-order valence-electron chi connectivity index (χ2n) is 29.1. The Kier molecular flexibility index (Phi) is 29.1. The minimum Gasteiger partial charge on any atom is -0.377 e. The molecule has 3 aliphatic heterocycles. The molecule has 2 saturated heterocycles. The van der Waals surface area contributed by atoms with Crippen LogP contribution in [0.3, 0.4) is 0 Å². The highest BCUT2D eigenvalue weighted by Gasteiger charge is 2.54. The van der Waals surface area contributed by atoms with Crippen LogP contribution >= 0.6 is 0 Å². The van der Waals surface area contributed by atoms with Crippen molar-refractivity contribution in [2.45, 2.75) is 209 Å². The van der Waals surface area contributed by atoms with Gasteiger partial charge in [0.15, 0.2) is 0 Å². The summed E-state index contributed by atoms with van der Waals surface area (Å²) in [5.41, 5.74) is -5.25. The lowest BCUT2D eigenvalue weighted by Gasteiger charge is -2.47. The minimum atomic E-state index is -5.46. The number of nitrogens with zero attached hydrogens (tertiary/aromatic N) is 9. The zero-order valence-corrected chi connectivity index (χ0v) is 62.9. The van der Waals surface area contributed by atoms with Gasteiger partial charge >= 0.3 is 12.4 Å². The number of benzene rings is 2. The van der Waals surface area contributed by atoms with Gasteiger partial charge in [0.05, 0.1) is 31.2 Å². The Hall–Kier alpha value is -8.78. The quantitative estimate of drug-likeness (QED) is 0.175. The molecule has 2 saturated carbocycles. The molecular formula is C74H102F8N12O13. The molecule has 2 aromatic carbocycles. The van der Waals surface area contributed by atoms with Crippen LogP contribution in [-0.4, -0.2) is 264 Å². The zero-order chi connectivity index (χ0) is 79.5. The Morgan fingerprint density at radius 2 is 1.29 bits per heavy atom. The molecule has 25 nitrogen and oxygen atoms in total. The fourth-order valence-electron chi connectivity index (χ4n) is 15.0. The van der Waals surface area contributed by atoms with Gasteiger partial charge in [-0.2, -0.15) is 26.3 Å². The number of fused-ring (bicyclic) bond motifs is 3. The number of carbonyl (C=O) groups excluding carboxylic acids is 12. The van der Waals surface area contributed by atoms with Crippen LogP contribution in [0.15, 0.2) is 48.6 Å². The van der Waals surface area contributed by atoms with Crippen molar-refractivity contribution in [1.29, 1.82) is 0 Å². The molecule has 3 N–H and O–H groups in total. The highest BCUT2D eigenvalue weighted by Crippen LogP contribution is 2.39. The molecule has 7 rings (SSSR count). The number of rotatable bonds is 12. The van der Waals surface area contributed by atoms with Crippen molar-refractivity contribution in [2.24, 2.45) is 11.8 Å². The maximum absolute atomic E-state index is 15.5. The lowest BCUT2D eigenvalue weighted by atomic mass is 9.74. The second kappa shape index (κ2) is 36.4. The number of alkyl halides is 6. The van der Waals surface area contributed by atoms with Gasteiger partial charge in [0.1, 0.15) is 71.1 Å². The normalized spacial score (nSPS) is 26.3. The molecule has 33 heteroatoms. The fourth-order valence-corrected chi connectivity index (χ4v) is 15.0. The number of hydrogen-bond donors (Lipinski definition) is 3. The molecule has 2 aromatic rings. The van der Waals surface area contributed by atoms with Crippen molar-refractivity contribution in [3.8, 4) is 0 Å². The van der Waals surface area contributed by atoms with Gasteiger partial charge in [-0.05, 0) is 118 Å². The van der Waals surface area contributed by atoms with Crippen molar-refractivity contribution in [1.82, 2.24) is 60.0 Å². The van der Waals surface area contributed by atoms with Crippen LogP contribution in [0.2, 0.25) is 0 Å². The summed E-state index contributed by atoms with van der Waals surface area (Å²) in [6, 6.07) is -7.30. The SMILES string of the molecule is CCO[C@@H]1C[C@H]2C(=O)NC3(CCC3)C(=O)N(C)[C@@H](C3CCCCC3)C(=O)N(C)[C@H](C(=O)N(C)C)CC(=O)N(C)[C@@H](CC)C(=O)N[C@@H]([C@@H](C)CC)C(=O)N(C)CC(=O)N(C)[C@H]3C/C=C\CCN(C3=O)[C@@H](Cc3ccc(C(F)(F)F)cc3)C(=O)N(C)CC(=O)N[C@H](CCc3cc(F)c(C(F)(F)F)c(F)c3)C(=O)N2C1. The van der Waals surface area contributed by atoms with E-state index in [4.69, 9.17) is 4.74 Å². The van der Waals surface area contributed by atoms with Crippen LogP contribution < -0.4 is 16.0 Å². The van der Waals surface area contributed by atoms with Crippen molar-refractivity contribution in [3.05, 3.63) is 82.4 Å². The van der Waals surface area contributed by atoms with Gasteiger partial charge in [0, 0.05) is 88.9 Å². The molecule has 0 radical (unpaired) electrons. The number of amides is 12. The van der Waals surface area contributed by atoms with Gasteiger partial charge in [-0.25, -0.2) is 8.78 Å². The van der Waals surface area contributed by atoms with E-state index in [1.165, 1.54) is 59.1 Å². The molecule has 12 amide bonds. The summed E-state index contributed by atoms with van der Waals surface area (Å²) in [4.78, 5) is 190. The van der Waals surface area contributed by atoms with Gasteiger partial charge in [-0.3, -0.25) is 57.5 Å². The van der Waals surface area contributed by atoms with Crippen LogP contribution in [0.5, 0.6) is 0 Å². The molecule has 5 aliphatic rings. The third kappa shape index (κ3) is 20.3. The zero-order valence-electron chi connectivity index (χ0n) is 62.9. The fraction of sp³-hybridized carbons (Fsp3) is 0.649. The Labute approximate surface area is 618 Å². The Morgan fingerprint density at radius 1 is 0.664 bits per heavy atom. The van der Waals surface area contributed by atoms with E-state index < -0.39 is 222 Å². The molecule has 0 unspecified atom stereocenters. The predicted octanol–water partition coefficient (Wildman–Crippen LogP) is 5.49. The van der Waals surface area contributed by atoms with Gasteiger partial charge < -0.3 is 64.8 Å². The Balaban J connectivity index is 1.35. The third-order valence-electron chi connectivity index (χ3n) is 21.7. The Bertz CT molecular complexity index is 3600. The molecule has 592 valence electrons. The van der Waals surface area contributed by atoms with E-state index in [0.717, 1.165) is 72.0 Å². The summed E-state index contributed by atoms with van der Waals surface area (Å²) in [5.74, 6) is -15.2. The van der Waals surface area contributed by atoms with Crippen LogP contribution in [0.25, 0.3) is 0 Å². The average Bonchev–Trinajstić information content (AvgIpc) is 1.43. The molecule has 107 heavy (non-hydrogen) atoms. The Morgan fingerprint density at radius 3 is 1.85 bits per heavy atom. The topological polar surface area (TPSA) is 279 Å². The smallest absolute Gasteiger partial charge is 0.377 e. The first kappa shape index (κ1) is 85.5. The summed E-state index contributed by atoms with van der Waals surface area (Å²) < 4.78 is 120. The monoisotopic (exact) mass is 1520 g/mol.